The lowest BCUT2D eigenvalue weighted by Crippen LogP contribution is -2.14. The highest BCUT2D eigenvalue weighted by Crippen LogP contribution is 2.36. The van der Waals surface area contributed by atoms with Crippen LogP contribution in [-0.2, 0) is 9.53 Å². The molecule has 0 aliphatic carbocycles. The number of carbonyl (C=O) groups is 3. The van der Waals surface area contributed by atoms with Crippen molar-refractivity contribution in [2.75, 3.05) is 31.5 Å². The molecular formula is C20H24N2O6S. The minimum atomic E-state index is -0.592. The molecule has 0 atom stereocenters. The van der Waals surface area contributed by atoms with Crippen LogP contribution < -0.4 is 20.1 Å². The van der Waals surface area contributed by atoms with Crippen LogP contribution in [0, 0.1) is 6.92 Å². The molecule has 8 nitrogen and oxygen atoms in total. The van der Waals surface area contributed by atoms with Gasteiger partial charge in [-0.1, -0.05) is 6.92 Å². The number of ether oxygens (including phenoxy) is 3. The molecule has 2 aromatic rings. The van der Waals surface area contributed by atoms with E-state index < -0.39 is 11.9 Å². The van der Waals surface area contributed by atoms with Gasteiger partial charge in [-0.3, -0.25) is 9.59 Å². The summed E-state index contributed by atoms with van der Waals surface area (Å²) in [5, 5.41) is 5.74. The molecule has 0 saturated carbocycles. The van der Waals surface area contributed by atoms with Gasteiger partial charge in [-0.15, -0.1) is 11.3 Å². The minimum absolute atomic E-state index is 0.178. The van der Waals surface area contributed by atoms with Gasteiger partial charge in [0.2, 0.25) is 5.91 Å². The molecule has 2 rings (SSSR count). The van der Waals surface area contributed by atoms with Gasteiger partial charge in [-0.05, 0) is 31.5 Å². The predicted octanol–water partition coefficient (Wildman–Crippen LogP) is 3.85. The zero-order chi connectivity index (χ0) is 21.6. The summed E-state index contributed by atoms with van der Waals surface area (Å²) in [5.74, 6) is -0.295. The molecule has 2 N–H and O–H groups in total. The molecule has 29 heavy (non-hydrogen) atoms. The summed E-state index contributed by atoms with van der Waals surface area (Å²) in [5.41, 5.74) is 1.03. The number of thiophene rings is 1. The van der Waals surface area contributed by atoms with Crippen LogP contribution in [0.15, 0.2) is 18.2 Å². The normalized spacial score (nSPS) is 10.2. The first-order valence-electron chi connectivity index (χ1n) is 8.99. The Morgan fingerprint density at radius 3 is 2.38 bits per heavy atom. The van der Waals surface area contributed by atoms with Gasteiger partial charge in [-0.2, -0.15) is 0 Å². The van der Waals surface area contributed by atoms with Gasteiger partial charge in [0.25, 0.3) is 5.91 Å². The molecule has 0 aliphatic heterocycles. The Labute approximate surface area is 173 Å². The molecule has 0 saturated heterocycles. The van der Waals surface area contributed by atoms with Crippen LogP contribution in [0.5, 0.6) is 11.5 Å². The first-order chi connectivity index (χ1) is 13.9. The minimum Gasteiger partial charge on any atom is -0.497 e. The maximum absolute atomic E-state index is 12.9. The van der Waals surface area contributed by atoms with E-state index in [1.54, 1.807) is 39.0 Å². The summed E-state index contributed by atoms with van der Waals surface area (Å²) >= 11 is 1.02. The molecule has 1 aromatic carbocycles. The van der Waals surface area contributed by atoms with Crippen molar-refractivity contribution in [1.82, 2.24) is 0 Å². The Balaban J connectivity index is 2.43. The predicted molar refractivity (Wildman–Crippen MR) is 111 cm³/mol. The van der Waals surface area contributed by atoms with E-state index in [9.17, 15) is 14.4 Å². The standard InChI is InChI=1S/C20H24N2O6S/c1-6-15(23)22-19-16(20(25)28-7-2)11(3)17(29-19)18(24)21-13-10-12(26-4)8-9-14(13)27-5/h8-10H,6-7H2,1-5H3,(H,21,24)(H,22,23). The molecule has 0 radical (unpaired) electrons. The van der Waals surface area contributed by atoms with Crippen LogP contribution in [0.25, 0.3) is 0 Å². The highest BCUT2D eigenvalue weighted by Gasteiger charge is 2.27. The van der Waals surface area contributed by atoms with Crippen LogP contribution in [0.2, 0.25) is 0 Å². The lowest BCUT2D eigenvalue weighted by molar-refractivity contribution is -0.115. The van der Waals surface area contributed by atoms with Crippen molar-refractivity contribution in [3.8, 4) is 11.5 Å². The Morgan fingerprint density at radius 2 is 1.79 bits per heavy atom. The number of hydrogen-bond donors (Lipinski definition) is 2. The summed E-state index contributed by atoms with van der Waals surface area (Å²) in [6, 6.07) is 5.01. The molecule has 2 amide bonds. The van der Waals surface area contributed by atoms with Crippen molar-refractivity contribution in [2.24, 2.45) is 0 Å². The number of benzene rings is 1. The molecule has 9 heteroatoms. The van der Waals surface area contributed by atoms with E-state index >= 15 is 0 Å². The van der Waals surface area contributed by atoms with E-state index in [4.69, 9.17) is 14.2 Å². The van der Waals surface area contributed by atoms with Crippen molar-refractivity contribution in [3.63, 3.8) is 0 Å². The van der Waals surface area contributed by atoms with E-state index in [0.29, 0.717) is 22.7 Å². The van der Waals surface area contributed by atoms with E-state index in [1.807, 2.05) is 0 Å². The van der Waals surface area contributed by atoms with Crippen molar-refractivity contribution >= 4 is 39.8 Å². The fourth-order valence-corrected chi connectivity index (χ4v) is 3.68. The summed E-state index contributed by atoms with van der Waals surface area (Å²) in [6.07, 6.45) is 0.238. The molecule has 1 aromatic heterocycles. The number of methoxy groups -OCH3 is 2. The van der Waals surface area contributed by atoms with Gasteiger partial charge in [-0.25, -0.2) is 4.79 Å². The number of anilines is 2. The largest absolute Gasteiger partial charge is 0.497 e. The Bertz CT molecular complexity index is 922. The van der Waals surface area contributed by atoms with Gasteiger partial charge in [0, 0.05) is 12.5 Å². The van der Waals surface area contributed by atoms with E-state index in [0.717, 1.165) is 11.3 Å². The third-order valence-corrected chi connectivity index (χ3v) is 5.27. The SMILES string of the molecule is CCOC(=O)c1c(NC(=O)CC)sc(C(=O)Nc2cc(OC)ccc2OC)c1C. The third kappa shape index (κ3) is 5.05. The average Bonchev–Trinajstić information content (AvgIpc) is 3.03. The van der Waals surface area contributed by atoms with Crippen molar-refractivity contribution in [3.05, 3.63) is 34.2 Å². The first kappa shape index (κ1) is 22.2. The second-order valence-corrected chi connectivity index (χ2v) is 6.92. The summed E-state index contributed by atoms with van der Waals surface area (Å²) in [7, 11) is 3.01. The number of esters is 1. The number of carbonyl (C=O) groups excluding carboxylic acids is 3. The fraction of sp³-hybridized carbons (Fsp3) is 0.350. The second-order valence-electron chi connectivity index (χ2n) is 5.90. The topological polar surface area (TPSA) is 103 Å². The van der Waals surface area contributed by atoms with E-state index in [1.165, 1.54) is 14.2 Å². The molecule has 0 spiro atoms. The summed E-state index contributed by atoms with van der Waals surface area (Å²) < 4.78 is 15.6. The lowest BCUT2D eigenvalue weighted by Gasteiger charge is -2.11. The van der Waals surface area contributed by atoms with Crippen LogP contribution in [-0.4, -0.2) is 38.6 Å². The number of hydrogen-bond acceptors (Lipinski definition) is 7. The fourth-order valence-electron chi connectivity index (χ4n) is 2.57. The molecule has 0 bridgehead atoms. The molecular weight excluding hydrogens is 396 g/mol. The van der Waals surface area contributed by atoms with E-state index in [2.05, 4.69) is 10.6 Å². The molecule has 0 unspecified atom stereocenters. The van der Waals surface area contributed by atoms with Crippen molar-refractivity contribution < 1.29 is 28.6 Å². The Morgan fingerprint density at radius 1 is 1.07 bits per heavy atom. The van der Waals surface area contributed by atoms with Gasteiger partial charge in [0.15, 0.2) is 0 Å². The quantitative estimate of drug-likeness (QED) is 0.629. The smallest absolute Gasteiger partial charge is 0.341 e. The maximum atomic E-state index is 12.9. The van der Waals surface area contributed by atoms with Crippen molar-refractivity contribution in [1.29, 1.82) is 0 Å². The van der Waals surface area contributed by atoms with Gasteiger partial charge < -0.3 is 24.8 Å². The summed E-state index contributed by atoms with van der Waals surface area (Å²) in [4.78, 5) is 37.5. The lowest BCUT2D eigenvalue weighted by atomic mass is 10.1. The molecule has 0 fully saturated rings. The van der Waals surface area contributed by atoms with Gasteiger partial charge in [0.05, 0.1) is 37.0 Å². The Kier molecular flexibility index (Phi) is 7.60. The third-order valence-electron chi connectivity index (χ3n) is 4.06. The highest BCUT2D eigenvalue weighted by molar-refractivity contribution is 7.18. The number of nitrogens with one attached hydrogen (secondary N) is 2. The first-order valence-corrected chi connectivity index (χ1v) is 9.81. The second kappa shape index (κ2) is 9.92. The van der Waals surface area contributed by atoms with E-state index in [-0.39, 0.29) is 34.4 Å². The zero-order valence-electron chi connectivity index (χ0n) is 17.0. The van der Waals surface area contributed by atoms with Crippen molar-refractivity contribution in [2.45, 2.75) is 27.2 Å². The Hall–Kier alpha value is -3.07. The van der Waals surface area contributed by atoms with Crippen LogP contribution in [0.4, 0.5) is 10.7 Å². The molecule has 0 aliphatic rings. The molecule has 156 valence electrons. The average molecular weight is 420 g/mol. The number of rotatable bonds is 8. The monoisotopic (exact) mass is 420 g/mol. The van der Waals surface area contributed by atoms with Crippen LogP contribution in [0.3, 0.4) is 0 Å². The van der Waals surface area contributed by atoms with Gasteiger partial charge >= 0.3 is 5.97 Å². The maximum Gasteiger partial charge on any atom is 0.341 e. The number of amides is 2. The van der Waals surface area contributed by atoms with Crippen LogP contribution in [0.1, 0.15) is 45.9 Å². The molecule has 1 heterocycles. The van der Waals surface area contributed by atoms with Crippen LogP contribution >= 0.6 is 11.3 Å². The highest BCUT2D eigenvalue weighted by atomic mass is 32.1. The summed E-state index contributed by atoms with van der Waals surface area (Å²) in [6.45, 7) is 5.20. The zero-order valence-corrected chi connectivity index (χ0v) is 17.8. The van der Waals surface area contributed by atoms with Gasteiger partial charge in [0.1, 0.15) is 16.5 Å².